The number of carbonyl (C=O) groups excluding carboxylic acids is 2. The molecule has 22 heavy (non-hydrogen) atoms. The summed E-state index contributed by atoms with van der Waals surface area (Å²) in [5, 5.41) is 4.81. The Balaban J connectivity index is -0.000000298. The first-order valence-corrected chi connectivity index (χ1v) is 7.57. The van der Waals surface area contributed by atoms with Crippen molar-refractivity contribution in [2.24, 2.45) is 0 Å². The molecule has 14 nitrogen and oxygen atoms in total. The second kappa shape index (κ2) is 13.8. The molecule has 0 saturated carbocycles. The van der Waals surface area contributed by atoms with Crippen molar-refractivity contribution in [3.8, 4) is 0 Å². The molecule has 0 aromatic carbocycles. The van der Waals surface area contributed by atoms with E-state index < -0.39 is 32.3 Å². The van der Waals surface area contributed by atoms with E-state index in [0.717, 1.165) is 0 Å². The van der Waals surface area contributed by atoms with Crippen LogP contribution in [0.15, 0.2) is 0 Å². The lowest BCUT2D eigenvalue weighted by atomic mass is 10.5. The van der Waals surface area contributed by atoms with Gasteiger partial charge in [-0.05, 0) is 0 Å². The predicted octanol–water partition coefficient (Wildman–Crippen LogP) is -13.8. The molecule has 8 N–H and O–H groups in total. The Labute approximate surface area is 128 Å². The number of nitrogens with one attached hydrogen (secondary N) is 2. The van der Waals surface area contributed by atoms with Crippen LogP contribution in [0.5, 0.6) is 0 Å². The Bertz CT molecular complexity index is 265. The molecule has 0 heterocycles. The molecule has 134 valence electrons. The normalized spacial score (nSPS) is 10.5. The van der Waals surface area contributed by atoms with Crippen LogP contribution in [-0.4, -0.2) is 38.0 Å². The SMILES string of the molecule is [NH3+]CCNC(=O)C(=O)NCC[NH3+].[O-][Cl+3]([O-])([O-])[O-].[O-][Cl+3]([O-])([O-])[O-]. The van der Waals surface area contributed by atoms with E-state index in [2.05, 4.69) is 22.1 Å². The van der Waals surface area contributed by atoms with Gasteiger partial charge in [0.05, 0.1) is 26.2 Å². The van der Waals surface area contributed by atoms with Gasteiger partial charge in [-0.2, -0.15) is 0 Å². The molecule has 0 fully saturated rings. The van der Waals surface area contributed by atoms with E-state index in [1.807, 2.05) is 0 Å². The largest absolute Gasteiger partial charge is 0.356 e. The molecule has 0 bridgehead atoms. The number of carbonyl (C=O) groups is 2. The van der Waals surface area contributed by atoms with E-state index >= 15 is 0 Å². The first-order chi connectivity index (χ1) is 9.72. The van der Waals surface area contributed by atoms with E-state index in [1.54, 1.807) is 0 Å². The van der Waals surface area contributed by atoms with Gasteiger partial charge in [-0.15, -0.1) is 20.5 Å². The number of rotatable bonds is 4. The zero-order valence-electron chi connectivity index (χ0n) is 11.1. The van der Waals surface area contributed by atoms with E-state index in [4.69, 9.17) is 37.3 Å². The van der Waals surface area contributed by atoms with Gasteiger partial charge in [0.25, 0.3) is 0 Å². The van der Waals surface area contributed by atoms with Crippen molar-refractivity contribution in [2.75, 3.05) is 26.2 Å². The monoisotopic (exact) mass is 374 g/mol. The van der Waals surface area contributed by atoms with Gasteiger partial charge < -0.3 is 22.1 Å². The molecule has 0 radical (unpaired) electrons. The molecule has 0 spiro atoms. The van der Waals surface area contributed by atoms with Crippen molar-refractivity contribution in [1.82, 2.24) is 10.6 Å². The molecule has 0 aliphatic heterocycles. The zero-order chi connectivity index (χ0) is 18.4. The summed E-state index contributed by atoms with van der Waals surface area (Å²) in [6, 6.07) is 0. The average molecular weight is 375 g/mol. The molecule has 0 aliphatic carbocycles. The first kappa shape index (κ1) is 26.0. The number of hydrogen-bond acceptors (Lipinski definition) is 10. The first-order valence-electron chi connectivity index (χ1n) is 5.10. The number of hydrogen-bond donors (Lipinski definition) is 4. The lowest BCUT2D eigenvalue weighted by molar-refractivity contribution is -2.00. The molecule has 0 saturated heterocycles. The standard InChI is InChI=1S/C6H14N4O2.2ClHO4/c7-1-3-9-5(11)6(12)10-4-2-8;2*2-1(3,4)5/h1-4,7-8H2,(H,9,11)(H,10,12);2*(H,2,3,4,5). The molecule has 0 unspecified atom stereocenters. The van der Waals surface area contributed by atoms with Gasteiger partial charge in [0.2, 0.25) is 0 Å². The summed E-state index contributed by atoms with van der Waals surface area (Å²) in [6.07, 6.45) is 0. The van der Waals surface area contributed by atoms with Crippen molar-refractivity contribution in [3.05, 3.63) is 0 Å². The third-order valence-electron chi connectivity index (χ3n) is 1.13. The predicted molar refractivity (Wildman–Crippen MR) is 41.5 cm³/mol. The summed E-state index contributed by atoms with van der Waals surface area (Å²) >= 11 is 0. The summed E-state index contributed by atoms with van der Waals surface area (Å²) < 4.78 is 67.9. The van der Waals surface area contributed by atoms with Crippen LogP contribution in [0.4, 0.5) is 0 Å². The molecular formula is C6H16Cl2N4O10. The Kier molecular flexibility index (Phi) is 16.3. The molecule has 0 aliphatic rings. The van der Waals surface area contributed by atoms with Crippen molar-refractivity contribution < 1.29 is 78.8 Å². The van der Waals surface area contributed by atoms with Crippen LogP contribution in [-0.2, 0) is 9.59 Å². The van der Waals surface area contributed by atoms with Crippen LogP contribution >= 0.6 is 0 Å². The van der Waals surface area contributed by atoms with Gasteiger partial charge in [0.1, 0.15) is 0 Å². The Morgan fingerprint density at radius 1 is 0.682 bits per heavy atom. The fourth-order valence-corrected chi connectivity index (χ4v) is 0.564. The maximum Gasteiger partial charge on any atom is 0.309 e. The molecule has 0 aromatic heterocycles. The topological polar surface area (TPSA) is 298 Å². The van der Waals surface area contributed by atoms with Crippen molar-refractivity contribution in [3.63, 3.8) is 0 Å². The van der Waals surface area contributed by atoms with E-state index in [-0.39, 0.29) is 0 Å². The molecule has 0 aromatic rings. The van der Waals surface area contributed by atoms with Gasteiger partial charge in [0.15, 0.2) is 0 Å². The van der Waals surface area contributed by atoms with Crippen molar-refractivity contribution >= 4 is 11.8 Å². The van der Waals surface area contributed by atoms with E-state index in [1.165, 1.54) is 0 Å². The molecule has 0 atom stereocenters. The van der Waals surface area contributed by atoms with Crippen LogP contribution < -0.4 is 59.4 Å². The number of quaternary nitrogens is 2. The minimum absolute atomic E-state index is 0.427. The van der Waals surface area contributed by atoms with Crippen LogP contribution in [0, 0.1) is 20.5 Å². The summed E-state index contributed by atoms with van der Waals surface area (Å²) in [7, 11) is -9.89. The van der Waals surface area contributed by atoms with Gasteiger partial charge in [0, 0.05) is 0 Å². The van der Waals surface area contributed by atoms with Gasteiger partial charge >= 0.3 is 11.8 Å². The maximum absolute atomic E-state index is 10.8. The number of halogens is 2. The second-order valence-corrected chi connectivity index (χ2v) is 4.49. The van der Waals surface area contributed by atoms with Gasteiger partial charge in [-0.3, -0.25) is 9.59 Å². The third-order valence-corrected chi connectivity index (χ3v) is 1.13. The molecular weight excluding hydrogens is 359 g/mol. The Morgan fingerprint density at radius 3 is 1.00 bits per heavy atom. The highest BCUT2D eigenvalue weighted by Crippen LogP contribution is 1.66. The number of amides is 2. The fraction of sp³-hybridized carbons (Fsp3) is 0.667. The van der Waals surface area contributed by atoms with E-state index in [9.17, 15) is 9.59 Å². The summed E-state index contributed by atoms with van der Waals surface area (Å²) in [4.78, 5) is 21.7. The summed E-state index contributed by atoms with van der Waals surface area (Å²) in [5.41, 5.74) is 7.05. The fourth-order valence-electron chi connectivity index (χ4n) is 0.564. The van der Waals surface area contributed by atoms with Crippen molar-refractivity contribution in [1.29, 1.82) is 0 Å². The Hall–Kier alpha value is -0.880. The average Bonchev–Trinajstić information content (AvgIpc) is 2.28. The molecule has 16 heteroatoms. The van der Waals surface area contributed by atoms with E-state index in [0.29, 0.717) is 26.2 Å². The van der Waals surface area contributed by atoms with Gasteiger partial charge in [-0.25, -0.2) is 37.3 Å². The highest BCUT2D eigenvalue weighted by atomic mass is 35.7. The molecule has 0 rings (SSSR count). The van der Waals surface area contributed by atoms with Gasteiger partial charge in [-0.1, -0.05) is 0 Å². The van der Waals surface area contributed by atoms with Crippen LogP contribution in [0.1, 0.15) is 0 Å². The van der Waals surface area contributed by atoms with Crippen LogP contribution in [0.2, 0.25) is 0 Å². The smallest absolute Gasteiger partial charge is 0.309 e. The quantitative estimate of drug-likeness (QED) is 0.336. The lowest BCUT2D eigenvalue weighted by Gasteiger charge is -2.17. The second-order valence-electron chi connectivity index (χ2n) is 2.97. The van der Waals surface area contributed by atoms with Crippen LogP contribution in [0.25, 0.3) is 0 Å². The minimum atomic E-state index is -4.94. The molecule has 2 amide bonds. The summed E-state index contributed by atoms with van der Waals surface area (Å²) in [6.45, 7) is 2.01. The third kappa shape index (κ3) is 50.8. The zero-order valence-corrected chi connectivity index (χ0v) is 12.6. The highest BCUT2D eigenvalue weighted by molar-refractivity contribution is 6.35. The highest BCUT2D eigenvalue weighted by Gasteiger charge is 2.10. The maximum atomic E-state index is 10.8. The van der Waals surface area contributed by atoms with Crippen LogP contribution in [0.3, 0.4) is 0 Å². The Morgan fingerprint density at radius 2 is 0.864 bits per heavy atom. The summed E-state index contributed by atoms with van der Waals surface area (Å²) in [5.74, 6) is -1.21. The minimum Gasteiger partial charge on any atom is -0.356 e. The lowest BCUT2D eigenvalue weighted by Crippen LogP contribution is -2.68. The van der Waals surface area contributed by atoms with Crippen molar-refractivity contribution in [2.45, 2.75) is 0 Å².